The molecule has 1 aromatic heterocycles. The topological polar surface area (TPSA) is 38.1 Å². The molecule has 0 saturated heterocycles. The summed E-state index contributed by atoms with van der Waals surface area (Å²) in [5.74, 6) is 1.59. The van der Waals surface area contributed by atoms with Gasteiger partial charge in [0.15, 0.2) is 0 Å². The Labute approximate surface area is 132 Å². The van der Waals surface area contributed by atoms with Gasteiger partial charge in [-0.2, -0.15) is 0 Å². The number of rotatable bonds is 7. The molecule has 0 aliphatic heterocycles. The lowest BCUT2D eigenvalue weighted by Gasteiger charge is -2.13. The molecule has 1 aromatic rings. The average molecular weight is 306 g/mol. The van der Waals surface area contributed by atoms with E-state index in [4.69, 9.17) is 11.6 Å². The summed E-state index contributed by atoms with van der Waals surface area (Å²) in [4.78, 5) is 13.0. The summed E-state index contributed by atoms with van der Waals surface area (Å²) >= 11 is 6.34. The van der Waals surface area contributed by atoms with Crippen LogP contribution in [0.1, 0.15) is 57.0 Å². The van der Waals surface area contributed by atoms with E-state index in [1.807, 2.05) is 13.1 Å². The molecule has 1 heterocycles. The summed E-state index contributed by atoms with van der Waals surface area (Å²) in [7, 11) is 1.80. The quantitative estimate of drug-likeness (QED) is 0.673. The maximum absolute atomic E-state index is 6.34. The van der Waals surface area contributed by atoms with E-state index in [-0.39, 0.29) is 0 Å². The van der Waals surface area contributed by atoms with E-state index in [9.17, 15) is 0 Å². The van der Waals surface area contributed by atoms with Gasteiger partial charge < -0.3 is 0 Å². The molecule has 1 aliphatic carbocycles. The van der Waals surface area contributed by atoms with Gasteiger partial charge in [0.25, 0.3) is 0 Å². The number of nitrogens with zero attached hydrogens (tertiary/aromatic N) is 3. The monoisotopic (exact) mass is 305 g/mol. The van der Waals surface area contributed by atoms with Crippen molar-refractivity contribution >= 4 is 23.4 Å². The molecule has 0 amide bonds. The molecule has 0 radical (unpaired) electrons. The Kier molecular flexibility index (Phi) is 5.92. The summed E-state index contributed by atoms with van der Waals surface area (Å²) in [6, 6.07) is 0. The average Bonchev–Trinajstić information content (AvgIpc) is 3.28. The fourth-order valence-corrected chi connectivity index (χ4v) is 2.69. The molecule has 21 heavy (non-hydrogen) atoms. The SMILES string of the molecule is CCCC/C(CC1CC1)=C(\C=NC)c1nc(C)ncc1Cl. The molecular formula is C17H24ClN3. The highest BCUT2D eigenvalue weighted by Gasteiger charge is 2.24. The highest BCUT2D eigenvalue weighted by molar-refractivity contribution is 6.33. The summed E-state index contributed by atoms with van der Waals surface area (Å²) in [5.41, 5.74) is 3.39. The van der Waals surface area contributed by atoms with Crippen molar-refractivity contribution in [3.05, 3.63) is 28.3 Å². The molecule has 1 saturated carbocycles. The van der Waals surface area contributed by atoms with Crippen molar-refractivity contribution in [1.82, 2.24) is 9.97 Å². The van der Waals surface area contributed by atoms with Gasteiger partial charge in [-0.1, -0.05) is 30.5 Å². The van der Waals surface area contributed by atoms with Gasteiger partial charge in [0.2, 0.25) is 0 Å². The summed E-state index contributed by atoms with van der Waals surface area (Å²) in [5, 5.41) is 0.611. The smallest absolute Gasteiger partial charge is 0.125 e. The second-order valence-corrected chi connectivity index (χ2v) is 6.18. The molecule has 1 aliphatic rings. The van der Waals surface area contributed by atoms with E-state index >= 15 is 0 Å². The Hall–Kier alpha value is -1.22. The minimum absolute atomic E-state index is 0.611. The molecule has 0 unspecified atom stereocenters. The van der Waals surface area contributed by atoms with Crippen LogP contribution in [0.3, 0.4) is 0 Å². The highest BCUT2D eigenvalue weighted by atomic mass is 35.5. The predicted molar refractivity (Wildman–Crippen MR) is 90.0 cm³/mol. The predicted octanol–water partition coefficient (Wildman–Crippen LogP) is 4.88. The Morgan fingerprint density at radius 3 is 2.86 bits per heavy atom. The van der Waals surface area contributed by atoms with Crippen LogP contribution in [0.5, 0.6) is 0 Å². The number of hydrogen-bond acceptors (Lipinski definition) is 3. The highest BCUT2D eigenvalue weighted by Crippen LogP contribution is 2.39. The lowest BCUT2D eigenvalue weighted by atomic mass is 9.95. The number of unbranched alkanes of at least 4 members (excludes halogenated alkanes) is 1. The van der Waals surface area contributed by atoms with Crippen molar-refractivity contribution in [3.63, 3.8) is 0 Å². The number of halogens is 1. The maximum Gasteiger partial charge on any atom is 0.125 e. The van der Waals surface area contributed by atoms with Gasteiger partial charge >= 0.3 is 0 Å². The number of aliphatic imine (C=N–C) groups is 1. The van der Waals surface area contributed by atoms with Crippen LogP contribution < -0.4 is 0 Å². The number of aryl methyl sites for hydroxylation is 1. The Bertz CT molecular complexity index is 545. The number of hydrogen-bond donors (Lipinski definition) is 0. The van der Waals surface area contributed by atoms with Crippen molar-refractivity contribution in [2.24, 2.45) is 10.9 Å². The van der Waals surface area contributed by atoms with Gasteiger partial charge in [-0.05, 0) is 44.9 Å². The standard InChI is InChI=1S/C17H24ClN3/c1-4-5-6-14(9-13-7-8-13)15(10-19-3)17-16(18)11-20-12(2)21-17/h10-11,13H,4-9H2,1-3H3/b15-14-,19-10?. The lowest BCUT2D eigenvalue weighted by Crippen LogP contribution is -2.02. The van der Waals surface area contributed by atoms with Crippen molar-refractivity contribution in [2.75, 3.05) is 7.05 Å². The number of allylic oxidation sites excluding steroid dienone is 2. The normalized spacial score (nSPS) is 16.4. The van der Waals surface area contributed by atoms with Crippen LogP contribution in [0.4, 0.5) is 0 Å². The minimum Gasteiger partial charge on any atom is -0.296 e. The first kappa shape index (κ1) is 16.2. The van der Waals surface area contributed by atoms with Crippen LogP contribution in [0.25, 0.3) is 5.57 Å². The van der Waals surface area contributed by atoms with E-state index in [1.165, 1.54) is 31.3 Å². The zero-order chi connectivity index (χ0) is 15.2. The van der Waals surface area contributed by atoms with Crippen molar-refractivity contribution in [1.29, 1.82) is 0 Å². The van der Waals surface area contributed by atoms with Crippen LogP contribution in [0.2, 0.25) is 5.02 Å². The molecule has 3 nitrogen and oxygen atoms in total. The van der Waals surface area contributed by atoms with E-state index < -0.39 is 0 Å². The first-order valence-electron chi connectivity index (χ1n) is 7.79. The molecule has 1 fully saturated rings. The fourth-order valence-electron chi connectivity index (χ4n) is 2.50. The van der Waals surface area contributed by atoms with Gasteiger partial charge in [0, 0.05) is 25.0 Å². The summed E-state index contributed by atoms with van der Waals surface area (Å²) < 4.78 is 0. The molecule has 0 spiro atoms. The van der Waals surface area contributed by atoms with Gasteiger partial charge in [0.05, 0.1) is 10.7 Å². The third kappa shape index (κ3) is 4.63. The first-order chi connectivity index (χ1) is 10.2. The molecule has 0 N–H and O–H groups in total. The Morgan fingerprint density at radius 1 is 1.48 bits per heavy atom. The Morgan fingerprint density at radius 2 is 2.24 bits per heavy atom. The van der Waals surface area contributed by atoms with Crippen molar-refractivity contribution in [3.8, 4) is 0 Å². The molecule has 0 aromatic carbocycles. The summed E-state index contributed by atoms with van der Waals surface area (Å²) in [6.45, 7) is 4.12. The fraction of sp³-hybridized carbons (Fsp3) is 0.588. The van der Waals surface area contributed by atoms with E-state index in [0.29, 0.717) is 5.02 Å². The zero-order valence-corrected chi connectivity index (χ0v) is 14.0. The van der Waals surface area contributed by atoms with Crippen LogP contribution in [-0.2, 0) is 0 Å². The minimum atomic E-state index is 0.611. The van der Waals surface area contributed by atoms with E-state index in [1.54, 1.807) is 13.2 Å². The first-order valence-corrected chi connectivity index (χ1v) is 8.17. The van der Waals surface area contributed by atoms with Crippen LogP contribution in [0, 0.1) is 12.8 Å². The second-order valence-electron chi connectivity index (χ2n) is 5.77. The molecule has 0 bridgehead atoms. The largest absolute Gasteiger partial charge is 0.296 e. The van der Waals surface area contributed by atoms with Crippen molar-refractivity contribution < 1.29 is 0 Å². The lowest BCUT2D eigenvalue weighted by molar-refractivity contribution is 0.720. The Balaban J connectivity index is 2.44. The maximum atomic E-state index is 6.34. The molecule has 2 rings (SSSR count). The van der Waals surface area contributed by atoms with Gasteiger partial charge in [-0.3, -0.25) is 4.99 Å². The summed E-state index contributed by atoms with van der Waals surface area (Å²) in [6.07, 6.45) is 11.0. The van der Waals surface area contributed by atoms with E-state index in [2.05, 4.69) is 21.9 Å². The van der Waals surface area contributed by atoms with Crippen LogP contribution >= 0.6 is 11.6 Å². The van der Waals surface area contributed by atoms with Gasteiger partial charge in [-0.15, -0.1) is 0 Å². The number of aromatic nitrogens is 2. The third-order valence-corrected chi connectivity index (χ3v) is 4.10. The molecule has 114 valence electrons. The van der Waals surface area contributed by atoms with Gasteiger partial charge in [-0.25, -0.2) is 9.97 Å². The van der Waals surface area contributed by atoms with E-state index in [0.717, 1.165) is 35.9 Å². The molecular weight excluding hydrogens is 282 g/mol. The van der Waals surface area contributed by atoms with Crippen molar-refractivity contribution in [2.45, 2.75) is 52.4 Å². The third-order valence-electron chi connectivity index (χ3n) is 3.82. The van der Waals surface area contributed by atoms with Gasteiger partial charge in [0.1, 0.15) is 5.82 Å². The molecule has 0 atom stereocenters. The van der Waals surface area contributed by atoms with Crippen LogP contribution in [-0.4, -0.2) is 23.2 Å². The molecule has 4 heteroatoms. The van der Waals surface area contributed by atoms with Crippen LogP contribution in [0.15, 0.2) is 16.8 Å². The zero-order valence-electron chi connectivity index (χ0n) is 13.2. The second kappa shape index (κ2) is 7.69.